The first-order chi connectivity index (χ1) is 6.38. The second-order valence-corrected chi connectivity index (χ2v) is 4.38. The molecule has 0 aliphatic heterocycles. The van der Waals surface area contributed by atoms with E-state index in [0.717, 1.165) is 0 Å². The van der Waals surface area contributed by atoms with E-state index in [0.29, 0.717) is 10.8 Å². The Morgan fingerprint density at radius 1 is 1.33 bits per heavy atom. The lowest BCUT2D eigenvalue weighted by molar-refractivity contribution is 0.469. The van der Waals surface area contributed by atoms with Crippen molar-refractivity contribution in [1.82, 2.24) is 15.3 Å². The largest absolute Gasteiger partial charge is 0.505 e. The summed E-state index contributed by atoms with van der Waals surface area (Å²) in [5.74, 6) is 0.458. The molecule has 0 amide bonds. The molecule has 0 aliphatic carbocycles. The van der Waals surface area contributed by atoms with Crippen molar-refractivity contribution in [3.63, 3.8) is 0 Å². The number of rotatable bonds is 1. The normalized spacial score (nSPS) is 10.3. The zero-order valence-electron chi connectivity index (χ0n) is 8.90. The second kappa shape index (κ2) is 5.27. The van der Waals surface area contributed by atoms with E-state index < -0.39 is 0 Å². The summed E-state index contributed by atoms with van der Waals surface area (Å²) >= 11 is 5.09. The quantitative estimate of drug-likeness (QED) is 0.732. The molecule has 0 aliphatic rings. The fraction of sp³-hybridized carbons (Fsp3) is 0.444. The number of hydrogen-bond donors (Lipinski definition) is 2. The fourth-order valence-corrected chi connectivity index (χ4v) is 1.25. The zero-order valence-corrected chi connectivity index (χ0v) is 10.7. The van der Waals surface area contributed by atoms with Crippen molar-refractivity contribution in [2.75, 3.05) is 0 Å². The molecule has 0 unspecified atom stereocenters. The first-order valence-corrected chi connectivity index (χ1v) is 4.63. The number of aromatic nitrogens is 2. The van der Waals surface area contributed by atoms with E-state index in [1.54, 1.807) is 0 Å². The van der Waals surface area contributed by atoms with Crippen LogP contribution in [0.1, 0.15) is 26.6 Å². The molecule has 1 aromatic rings. The lowest BCUT2D eigenvalue weighted by Crippen LogP contribution is -2.40. The Kier molecular flexibility index (Phi) is 4.96. The van der Waals surface area contributed by atoms with Crippen LogP contribution in [0.3, 0.4) is 0 Å². The van der Waals surface area contributed by atoms with Gasteiger partial charge in [0.25, 0.3) is 0 Å². The van der Waals surface area contributed by atoms with Crippen molar-refractivity contribution < 1.29 is 5.11 Å². The molecule has 1 aromatic heterocycles. The lowest BCUT2D eigenvalue weighted by Gasteiger charge is -2.21. The van der Waals surface area contributed by atoms with Crippen LogP contribution in [0.2, 0.25) is 0 Å². The smallest absolute Gasteiger partial charge is 0.187 e. The van der Waals surface area contributed by atoms with E-state index in [1.807, 2.05) is 20.8 Å². The minimum absolute atomic E-state index is 0. The average Bonchev–Trinajstić information content (AvgIpc) is 2.02. The van der Waals surface area contributed by atoms with Crippen LogP contribution in [0.4, 0.5) is 0 Å². The van der Waals surface area contributed by atoms with Crippen LogP contribution in [-0.4, -0.2) is 25.6 Å². The summed E-state index contributed by atoms with van der Waals surface area (Å²) in [7, 11) is 0. The van der Waals surface area contributed by atoms with Crippen molar-refractivity contribution in [1.29, 1.82) is 0 Å². The number of nitrogens with zero attached hydrogens (tertiary/aromatic N) is 2. The first kappa shape index (κ1) is 14.1. The van der Waals surface area contributed by atoms with Gasteiger partial charge in [0.15, 0.2) is 11.6 Å². The summed E-state index contributed by atoms with van der Waals surface area (Å²) in [5, 5.41) is 12.1. The number of aromatic hydroxyl groups is 1. The van der Waals surface area contributed by atoms with Gasteiger partial charge >= 0.3 is 0 Å². The van der Waals surface area contributed by atoms with E-state index in [2.05, 4.69) is 15.3 Å². The maximum Gasteiger partial charge on any atom is 0.187 e. The van der Waals surface area contributed by atoms with E-state index in [1.165, 1.54) is 12.4 Å². The zero-order chi connectivity index (χ0) is 10.8. The maximum atomic E-state index is 8.98. The second-order valence-electron chi connectivity index (χ2n) is 3.97. The van der Waals surface area contributed by atoms with Gasteiger partial charge in [0.1, 0.15) is 4.99 Å². The molecule has 0 fully saturated rings. The van der Waals surface area contributed by atoms with Gasteiger partial charge in [-0.1, -0.05) is 12.2 Å². The van der Waals surface area contributed by atoms with Gasteiger partial charge in [-0.05, 0) is 20.8 Å². The SMILES string of the molecule is CC(C)(C)NC(=S)c1ncc(O)cn1.S. The summed E-state index contributed by atoms with van der Waals surface area (Å²) in [6.45, 7) is 6.00. The topological polar surface area (TPSA) is 58.0 Å². The van der Waals surface area contributed by atoms with Crippen molar-refractivity contribution in [3.8, 4) is 5.75 Å². The van der Waals surface area contributed by atoms with Crippen LogP contribution in [0.5, 0.6) is 5.75 Å². The van der Waals surface area contributed by atoms with Gasteiger partial charge in [-0.3, -0.25) is 0 Å². The van der Waals surface area contributed by atoms with Gasteiger partial charge in [-0.15, -0.1) is 0 Å². The Morgan fingerprint density at radius 3 is 2.20 bits per heavy atom. The van der Waals surface area contributed by atoms with Crippen LogP contribution in [0.15, 0.2) is 12.4 Å². The van der Waals surface area contributed by atoms with Crippen LogP contribution in [0.25, 0.3) is 0 Å². The van der Waals surface area contributed by atoms with Crippen molar-refractivity contribution in [2.24, 2.45) is 0 Å². The van der Waals surface area contributed by atoms with Gasteiger partial charge < -0.3 is 10.4 Å². The molecule has 1 rings (SSSR count). The molecule has 0 atom stereocenters. The molecule has 0 bridgehead atoms. The van der Waals surface area contributed by atoms with Crippen molar-refractivity contribution >= 4 is 30.7 Å². The molecule has 2 N–H and O–H groups in total. The monoisotopic (exact) mass is 245 g/mol. The maximum absolute atomic E-state index is 8.98. The van der Waals surface area contributed by atoms with Gasteiger partial charge in [0.05, 0.1) is 12.4 Å². The molecule has 0 saturated carbocycles. The van der Waals surface area contributed by atoms with Crippen LogP contribution in [-0.2, 0) is 0 Å². The summed E-state index contributed by atoms with van der Waals surface area (Å²) < 4.78 is 0. The molecule has 84 valence electrons. The summed E-state index contributed by atoms with van der Waals surface area (Å²) in [4.78, 5) is 8.28. The van der Waals surface area contributed by atoms with E-state index in [-0.39, 0.29) is 24.8 Å². The highest BCUT2D eigenvalue weighted by Crippen LogP contribution is 2.05. The Bertz CT molecular complexity index is 332. The summed E-state index contributed by atoms with van der Waals surface area (Å²) in [5.41, 5.74) is -0.113. The molecule has 0 aromatic carbocycles. The van der Waals surface area contributed by atoms with Crippen molar-refractivity contribution in [2.45, 2.75) is 26.3 Å². The van der Waals surface area contributed by atoms with Crippen LogP contribution >= 0.6 is 25.7 Å². The summed E-state index contributed by atoms with van der Waals surface area (Å²) in [6, 6.07) is 0. The van der Waals surface area contributed by atoms with E-state index in [9.17, 15) is 0 Å². The third-order valence-corrected chi connectivity index (χ3v) is 1.61. The van der Waals surface area contributed by atoms with Gasteiger partial charge in [0, 0.05) is 5.54 Å². The predicted molar refractivity (Wildman–Crippen MR) is 68.7 cm³/mol. The number of hydrogen-bond acceptors (Lipinski definition) is 4. The molecule has 15 heavy (non-hydrogen) atoms. The van der Waals surface area contributed by atoms with Gasteiger partial charge in [-0.25, -0.2) is 9.97 Å². The molecule has 1 heterocycles. The molecular formula is C9H15N3OS2. The van der Waals surface area contributed by atoms with Gasteiger partial charge in [-0.2, -0.15) is 13.5 Å². The third kappa shape index (κ3) is 4.94. The Morgan fingerprint density at radius 2 is 1.80 bits per heavy atom. The Labute approximate surface area is 102 Å². The highest BCUT2D eigenvalue weighted by molar-refractivity contribution is 7.80. The highest BCUT2D eigenvalue weighted by Gasteiger charge is 2.13. The third-order valence-electron chi connectivity index (χ3n) is 1.33. The van der Waals surface area contributed by atoms with Crippen LogP contribution in [0, 0.1) is 0 Å². The average molecular weight is 245 g/mol. The van der Waals surface area contributed by atoms with Crippen molar-refractivity contribution in [3.05, 3.63) is 18.2 Å². The molecule has 4 nitrogen and oxygen atoms in total. The van der Waals surface area contributed by atoms with E-state index >= 15 is 0 Å². The fourth-order valence-electron chi connectivity index (χ4n) is 0.835. The number of thiocarbonyl (C=S) groups is 1. The number of nitrogens with one attached hydrogen (secondary N) is 1. The molecule has 0 radical (unpaired) electrons. The molecular weight excluding hydrogens is 230 g/mol. The minimum atomic E-state index is -0.113. The first-order valence-electron chi connectivity index (χ1n) is 4.22. The Balaban J connectivity index is 0.00000196. The molecule has 6 heteroatoms. The molecule has 0 spiro atoms. The predicted octanol–water partition coefficient (Wildman–Crippen LogP) is 1.36. The minimum Gasteiger partial charge on any atom is -0.505 e. The van der Waals surface area contributed by atoms with Crippen LogP contribution < -0.4 is 5.32 Å². The Hall–Kier alpha value is -0.880. The van der Waals surface area contributed by atoms with Gasteiger partial charge in [0.2, 0.25) is 0 Å². The highest BCUT2D eigenvalue weighted by atomic mass is 32.1. The molecule has 0 saturated heterocycles. The standard InChI is InChI=1S/C9H13N3OS.H2S/c1-9(2,3)12-8(14)7-10-4-6(13)5-11-7;/h4-5,13H,1-3H3,(H,12,14);1H2. The lowest BCUT2D eigenvalue weighted by atomic mass is 10.1. The van der Waals surface area contributed by atoms with E-state index in [4.69, 9.17) is 17.3 Å². The summed E-state index contributed by atoms with van der Waals surface area (Å²) in [6.07, 6.45) is 2.64.